The predicted octanol–water partition coefficient (Wildman–Crippen LogP) is 3.79. The molecular weight excluding hydrogens is 258 g/mol. The van der Waals surface area contributed by atoms with Crippen LogP contribution in [0.25, 0.3) is 11.2 Å². The molecule has 0 radical (unpaired) electrons. The van der Waals surface area contributed by atoms with E-state index in [-0.39, 0.29) is 0 Å². The van der Waals surface area contributed by atoms with Crippen molar-refractivity contribution in [2.24, 2.45) is 5.41 Å². The van der Waals surface area contributed by atoms with Crippen molar-refractivity contribution >= 4 is 22.8 Å². The number of rotatable bonds is 6. The molecule has 3 nitrogen and oxygen atoms in total. The molecule has 0 saturated heterocycles. The van der Waals surface area contributed by atoms with E-state index in [0.29, 0.717) is 11.3 Å². The van der Waals surface area contributed by atoms with Crippen LogP contribution in [0.5, 0.6) is 0 Å². The van der Waals surface area contributed by atoms with Crippen LogP contribution in [0, 0.1) is 5.41 Å². The highest BCUT2D eigenvalue weighted by Crippen LogP contribution is 2.51. The minimum atomic E-state index is 0.501. The molecule has 0 bridgehead atoms. The Hall–Kier alpha value is -1.09. The van der Waals surface area contributed by atoms with Gasteiger partial charge in [0.15, 0.2) is 5.65 Å². The molecule has 1 saturated carbocycles. The Balaban J connectivity index is 1.98. The van der Waals surface area contributed by atoms with E-state index in [2.05, 4.69) is 16.5 Å². The normalized spacial score (nSPS) is 16.9. The van der Waals surface area contributed by atoms with E-state index < -0.39 is 0 Å². The molecule has 0 spiro atoms. The van der Waals surface area contributed by atoms with E-state index in [9.17, 15) is 0 Å². The van der Waals surface area contributed by atoms with Gasteiger partial charge in [0.05, 0.1) is 0 Å². The van der Waals surface area contributed by atoms with Gasteiger partial charge in [0.25, 0.3) is 0 Å². The van der Waals surface area contributed by atoms with E-state index in [1.807, 2.05) is 18.3 Å². The van der Waals surface area contributed by atoms with Gasteiger partial charge in [0.1, 0.15) is 11.3 Å². The molecule has 0 aromatic carbocycles. The van der Waals surface area contributed by atoms with Crippen molar-refractivity contribution in [2.45, 2.75) is 45.6 Å². The van der Waals surface area contributed by atoms with Crippen molar-refractivity contribution in [2.75, 3.05) is 5.88 Å². The van der Waals surface area contributed by atoms with E-state index >= 15 is 0 Å². The summed E-state index contributed by atoms with van der Waals surface area (Å²) in [5, 5.41) is 0. The zero-order chi connectivity index (χ0) is 13.3. The third-order valence-corrected chi connectivity index (χ3v) is 4.32. The largest absolute Gasteiger partial charge is 0.312 e. The topological polar surface area (TPSA) is 30.7 Å². The first-order valence-corrected chi connectivity index (χ1v) is 7.67. The van der Waals surface area contributed by atoms with Crippen LogP contribution in [0.4, 0.5) is 0 Å². The lowest BCUT2D eigenvalue weighted by molar-refractivity contribution is 0.386. The van der Waals surface area contributed by atoms with Crippen molar-refractivity contribution in [3.05, 3.63) is 24.2 Å². The number of aryl methyl sites for hydroxylation is 1. The second-order valence-corrected chi connectivity index (χ2v) is 6.03. The van der Waals surface area contributed by atoms with Crippen LogP contribution in [-0.2, 0) is 13.0 Å². The fourth-order valence-corrected chi connectivity index (χ4v) is 3.15. The number of hydrogen-bond acceptors (Lipinski definition) is 2. The van der Waals surface area contributed by atoms with Crippen LogP contribution < -0.4 is 0 Å². The summed E-state index contributed by atoms with van der Waals surface area (Å²) in [6, 6.07) is 3.99. The number of alkyl halides is 1. The second-order valence-electron chi connectivity index (χ2n) is 5.65. The molecule has 2 heterocycles. The maximum absolute atomic E-state index is 5.91. The Kier molecular flexibility index (Phi) is 3.48. The Morgan fingerprint density at radius 3 is 2.95 bits per heavy atom. The fraction of sp³-hybridized carbons (Fsp3) is 0.600. The first-order chi connectivity index (χ1) is 9.28. The lowest BCUT2D eigenvalue weighted by atomic mass is 10.0. The molecule has 0 N–H and O–H groups in total. The van der Waals surface area contributed by atoms with Gasteiger partial charge in [-0.15, -0.1) is 11.6 Å². The highest BCUT2D eigenvalue weighted by Gasteiger charge is 2.42. The van der Waals surface area contributed by atoms with Gasteiger partial charge >= 0.3 is 0 Å². The molecule has 1 aliphatic rings. The van der Waals surface area contributed by atoms with Crippen LogP contribution in [0.3, 0.4) is 0 Å². The molecule has 19 heavy (non-hydrogen) atoms. The van der Waals surface area contributed by atoms with E-state index in [1.165, 1.54) is 25.7 Å². The zero-order valence-corrected chi connectivity index (χ0v) is 12.2. The SMILES string of the molecule is CCCC1(Cn2c(CCCl)nc3cccnc32)CC1. The van der Waals surface area contributed by atoms with Crippen LogP contribution in [0.2, 0.25) is 0 Å². The first kappa shape index (κ1) is 12.9. The maximum atomic E-state index is 5.91. The molecule has 102 valence electrons. The predicted molar refractivity (Wildman–Crippen MR) is 78.5 cm³/mol. The molecule has 1 fully saturated rings. The molecule has 0 aliphatic heterocycles. The number of hydrogen-bond donors (Lipinski definition) is 0. The van der Waals surface area contributed by atoms with E-state index in [0.717, 1.165) is 30.0 Å². The molecular formula is C15H20ClN3. The van der Waals surface area contributed by atoms with Crippen molar-refractivity contribution in [1.29, 1.82) is 0 Å². The molecule has 0 amide bonds. The molecule has 0 unspecified atom stereocenters. The first-order valence-electron chi connectivity index (χ1n) is 7.14. The molecule has 3 rings (SSSR count). The fourth-order valence-electron chi connectivity index (χ4n) is 2.98. The molecule has 0 atom stereocenters. The lowest BCUT2D eigenvalue weighted by Crippen LogP contribution is -2.15. The summed E-state index contributed by atoms with van der Waals surface area (Å²) in [5.41, 5.74) is 2.51. The van der Waals surface area contributed by atoms with Crippen LogP contribution in [0.15, 0.2) is 18.3 Å². The van der Waals surface area contributed by atoms with Gasteiger partial charge in [0.2, 0.25) is 0 Å². The number of nitrogens with zero attached hydrogens (tertiary/aromatic N) is 3. The standard InChI is InChI=1S/C15H20ClN3/c1-2-6-15(7-8-15)11-19-13(5-9-16)18-12-4-3-10-17-14(12)19/h3-4,10H,2,5-9,11H2,1H3. The van der Waals surface area contributed by atoms with Crippen LogP contribution in [0.1, 0.15) is 38.4 Å². The lowest BCUT2D eigenvalue weighted by Gasteiger charge is -2.17. The monoisotopic (exact) mass is 277 g/mol. The zero-order valence-electron chi connectivity index (χ0n) is 11.4. The van der Waals surface area contributed by atoms with E-state index in [1.54, 1.807) is 0 Å². The van der Waals surface area contributed by atoms with Gasteiger partial charge in [-0.2, -0.15) is 0 Å². The quantitative estimate of drug-likeness (QED) is 0.752. The third kappa shape index (κ3) is 2.48. The number of imidazole rings is 1. The Morgan fingerprint density at radius 2 is 2.26 bits per heavy atom. The Bertz CT molecular complexity index is 572. The minimum Gasteiger partial charge on any atom is -0.312 e. The highest BCUT2D eigenvalue weighted by atomic mass is 35.5. The summed E-state index contributed by atoms with van der Waals surface area (Å²) in [6.45, 7) is 3.32. The van der Waals surface area contributed by atoms with Crippen molar-refractivity contribution in [3.63, 3.8) is 0 Å². The van der Waals surface area contributed by atoms with Crippen LogP contribution >= 0.6 is 11.6 Å². The molecule has 2 aromatic heterocycles. The average Bonchev–Trinajstić information content (AvgIpc) is 3.08. The van der Waals surface area contributed by atoms with E-state index in [4.69, 9.17) is 16.6 Å². The smallest absolute Gasteiger partial charge is 0.160 e. The Morgan fingerprint density at radius 1 is 1.42 bits per heavy atom. The second kappa shape index (κ2) is 5.12. The minimum absolute atomic E-state index is 0.501. The van der Waals surface area contributed by atoms with Crippen LogP contribution in [-0.4, -0.2) is 20.4 Å². The Labute approximate surface area is 119 Å². The van der Waals surface area contributed by atoms with Gasteiger partial charge in [-0.1, -0.05) is 13.3 Å². The number of pyridine rings is 1. The average molecular weight is 278 g/mol. The summed E-state index contributed by atoms with van der Waals surface area (Å²) in [6.07, 6.45) is 7.91. The van der Waals surface area contributed by atoms with Gasteiger partial charge in [0, 0.05) is 25.0 Å². The van der Waals surface area contributed by atoms with Crippen molar-refractivity contribution < 1.29 is 0 Å². The number of fused-ring (bicyclic) bond motifs is 1. The summed E-state index contributed by atoms with van der Waals surface area (Å²) in [7, 11) is 0. The molecule has 4 heteroatoms. The molecule has 1 aliphatic carbocycles. The molecule has 2 aromatic rings. The number of halogens is 1. The summed E-state index contributed by atoms with van der Waals surface area (Å²) < 4.78 is 2.31. The maximum Gasteiger partial charge on any atom is 0.160 e. The van der Waals surface area contributed by atoms with Gasteiger partial charge < -0.3 is 4.57 Å². The van der Waals surface area contributed by atoms with Gasteiger partial charge in [-0.3, -0.25) is 0 Å². The summed E-state index contributed by atoms with van der Waals surface area (Å²) in [4.78, 5) is 9.20. The van der Waals surface area contributed by atoms with Gasteiger partial charge in [-0.05, 0) is 36.8 Å². The third-order valence-electron chi connectivity index (χ3n) is 4.13. The summed E-state index contributed by atoms with van der Waals surface area (Å²) in [5.74, 6) is 1.70. The van der Waals surface area contributed by atoms with Crippen molar-refractivity contribution in [3.8, 4) is 0 Å². The summed E-state index contributed by atoms with van der Waals surface area (Å²) >= 11 is 5.91. The number of aromatic nitrogens is 3. The van der Waals surface area contributed by atoms with Crippen molar-refractivity contribution in [1.82, 2.24) is 14.5 Å². The highest BCUT2D eigenvalue weighted by molar-refractivity contribution is 6.17. The van der Waals surface area contributed by atoms with Gasteiger partial charge in [-0.25, -0.2) is 9.97 Å².